The van der Waals surface area contributed by atoms with Gasteiger partial charge in [-0.3, -0.25) is 14.6 Å². The molecule has 3 aromatic rings. The molecule has 3 heterocycles. The monoisotopic (exact) mass is 405 g/mol. The third-order valence-electron chi connectivity index (χ3n) is 6.30. The molecule has 1 saturated heterocycles. The zero-order chi connectivity index (χ0) is 20.8. The van der Waals surface area contributed by atoms with Gasteiger partial charge in [0.2, 0.25) is 5.91 Å². The number of aromatic nitrogens is 1. The quantitative estimate of drug-likeness (QED) is 0.723. The second-order valence-electron chi connectivity index (χ2n) is 8.22. The number of aromatic amines is 1. The fourth-order valence-electron chi connectivity index (χ4n) is 4.78. The summed E-state index contributed by atoms with van der Waals surface area (Å²) >= 11 is 0. The molecule has 1 fully saturated rings. The fourth-order valence-corrected chi connectivity index (χ4v) is 4.78. The maximum absolute atomic E-state index is 13.2. The number of benzene rings is 2. The van der Waals surface area contributed by atoms with Gasteiger partial charge in [0.15, 0.2) is 5.58 Å². The zero-order valence-electron chi connectivity index (χ0n) is 16.8. The van der Waals surface area contributed by atoms with Gasteiger partial charge in [-0.1, -0.05) is 24.3 Å². The average molecular weight is 405 g/mol. The number of likely N-dealkylation sites (tertiary alicyclic amines) is 1. The largest absolute Gasteiger partial charge is 0.417 e. The van der Waals surface area contributed by atoms with Crippen LogP contribution in [0.5, 0.6) is 0 Å². The number of carbonyl (C=O) groups excluding carboxylic acids is 2. The summed E-state index contributed by atoms with van der Waals surface area (Å²) in [6, 6.07) is 13.0. The Labute approximate surface area is 173 Å². The first-order chi connectivity index (χ1) is 14.5. The first kappa shape index (κ1) is 18.7. The Morgan fingerprint density at radius 2 is 1.97 bits per heavy atom. The number of nitrogens with one attached hydrogen (secondary N) is 1. The van der Waals surface area contributed by atoms with Crippen LogP contribution in [-0.4, -0.2) is 40.2 Å². The Hall–Kier alpha value is -3.35. The van der Waals surface area contributed by atoms with Crippen LogP contribution in [0, 0.1) is 5.92 Å². The van der Waals surface area contributed by atoms with E-state index in [2.05, 4.69) is 4.98 Å². The van der Waals surface area contributed by atoms with Gasteiger partial charge >= 0.3 is 5.76 Å². The van der Waals surface area contributed by atoms with Crippen LogP contribution in [0.2, 0.25) is 0 Å². The van der Waals surface area contributed by atoms with Crippen LogP contribution >= 0.6 is 0 Å². The summed E-state index contributed by atoms with van der Waals surface area (Å²) in [6.45, 7) is 1.18. The molecule has 0 saturated carbocycles. The van der Waals surface area contributed by atoms with Crippen molar-refractivity contribution in [1.29, 1.82) is 0 Å². The van der Waals surface area contributed by atoms with E-state index in [9.17, 15) is 14.4 Å². The number of piperidine rings is 1. The molecule has 1 aromatic heterocycles. The molecule has 7 nitrogen and oxygen atoms in total. The lowest BCUT2D eigenvalue weighted by atomic mass is 9.88. The highest BCUT2D eigenvalue weighted by molar-refractivity contribution is 5.99. The second-order valence-corrected chi connectivity index (χ2v) is 8.22. The Bertz CT molecular complexity index is 1190. The van der Waals surface area contributed by atoms with Crippen molar-refractivity contribution in [2.24, 2.45) is 5.92 Å². The van der Waals surface area contributed by atoms with E-state index in [1.54, 1.807) is 17.0 Å². The summed E-state index contributed by atoms with van der Waals surface area (Å²) in [6.07, 6.45) is 2.45. The lowest BCUT2D eigenvalue weighted by molar-refractivity contribution is -0.137. The molecule has 2 atom stereocenters. The molecule has 30 heavy (non-hydrogen) atoms. The molecule has 0 unspecified atom stereocenters. The highest BCUT2D eigenvalue weighted by atomic mass is 16.4. The molecule has 0 aliphatic carbocycles. The Balaban J connectivity index is 1.47. The number of H-pyrrole nitrogens is 1. The molecule has 2 aliphatic heterocycles. The minimum Gasteiger partial charge on any atom is -0.408 e. The summed E-state index contributed by atoms with van der Waals surface area (Å²) < 4.78 is 5.17. The maximum atomic E-state index is 13.2. The van der Waals surface area contributed by atoms with Crippen molar-refractivity contribution < 1.29 is 14.0 Å². The highest BCUT2D eigenvalue weighted by Crippen LogP contribution is 2.40. The normalized spacial score (nSPS) is 21.5. The first-order valence-corrected chi connectivity index (χ1v) is 10.3. The van der Waals surface area contributed by atoms with E-state index in [1.165, 1.54) is 0 Å². The van der Waals surface area contributed by atoms with Crippen molar-refractivity contribution in [2.75, 3.05) is 13.6 Å². The number of carbonyl (C=O) groups is 2. The van der Waals surface area contributed by atoms with E-state index in [1.807, 2.05) is 42.3 Å². The van der Waals surface area contributed by atoms with Gasteiger partial charge in [0.25, 0.3) is 5.91 Å². The summed E-state index contributed by atoms with van der Waals surface area (Å²) in [4.78, 5) is 43.6. The lowest BCUT2D eigenvalue weighted by Crippen LogP contribution is -2.40. The highest BCUT2D eigenvalue weighted by Gasteiger charge is 2.39. The smallest absolute Gasteiger partial charge is 0.408 e. The topological polar surface area (TPSA) is 86.6 Å². The van der Waals surface area contributed by atoms with Gasteiger partial charge in [0.05, 0.1) is 11.6 Å². The van der Waals surface area contributed by atoms with Gasteiger partial charge in [0.1, 0.15) is 0 Å². The Kier molecular flexibility index (Phi) is 4.46. The van der Waals surface area contributed by atoms with Crippen LogP contribution in [0.15, 0.2) is 51.7 Å². The predicted molar refractivity (Wildman–Crippen MR) is 111 cm³/mol. The summed E-state index contributed by atoms with van der Waals surface area (Å²) in [5.41, 5.74) is 3.67. The first-order valence-electron chi connectivity index (χ1n) is 10.3. The average Bonchev–Trinajstić information content (AvgIpc) is 3.23. The summed E-state index contributed by atoms with van der Waals surface area (Å²) in [5, 5.41) is 0. The predicted octanol–water partition coefficient (Wildman–Crippen LogP) is 3.08. The van der Waals surface area contributed by atoms with Gasteiger partial charge in [0, 0.05) is 31.6 Å². The molecule has 154 valence electrons. The van der Waals surface area contributed by atoms with Crippen molar-refractivity contribution in [3.05, 3.63) is 69.7 Å². The molecule has 2 aromatic carbocycles. The third-order valence-corrected chi connectivity index (χ3v) is 6.30. The van der Waals surface area contributed by atoms with E-state index < -0.39 is 5.76 Å². The van der Waals surface area contributed by atoms with Crippen LogP contribution in [0.3, 0.4) is 0 Å². The number of amides is 2. The molecule has 0 radical (unpaired) electrons. The zero-order valence-corrected chi connectivity index (χ0v) is 16.8. The van der Waals surface area contributed by atoms with Crippen LogP contribution in [-0.2, 0) is 11.3 Å². The van der Waals surface area contributed by atoms with Crippen molar-refractivity contribution >= 4 is 22.9 Å². The standard InChI is InChI=1S/C23H23N3O4/c1-25-10-4-5-15(21(25)27)12-19-16-6-2-3-7-17(16)22(28)26(19)13-14-8-9-18-20(11-14)30-23(29)24-18/h2-3,6-9,11,15,19H,4-5,10,12-13H2,1H3,(H,24,29)/t15-,19-/m0/s1. The lowest BCUT2D eigenvalue weighted by Gasteiger charge is -2.33. The minimum atomic E-state index is -0.496. The minimum absolute atomic E-state index is 0.0252. The SMILES string of the molecule is CN1CCC[C@@H](C[C@H]2c3ccccc3C(=O)N2Cc2ccc3[nH]c(=O)oc3c2)C1=O. The number of oxazole rings is 1. The number of hydrogen-bond acceptors (Lipinski definition) is 4. The van der Waals surface area contributed by atoms with E-state index in [4.69, 9.17) is 4.42 Å². The number of fused-ring (bicyclic) bond motifs is 2. The molecule has 7 heteroatoms. The molecular weight excluding hydrogens is 382 g/mol. The van der Waals surface area contributed by atoms with E-state index >= 15 is 0 Å². The molecule has 5 rings (SSSR count). The van der Waals surface area contributed by atoms with Crippen molar-refractivity contribution in [2.45, 2.75) is 31.8 Å². The molecule has 1 N–H and O–H groups in total. The van der Waals surface area contributed by atoms with Gasteiger partial charge in [-0.2, -0.15) is 0 Å². The second kappa shape index (κ2) is 7.16. The Morgan fingerprint density at radius 1 is 1.13 bits per heavy atom. The third kappa shape index (κ3) is 3.10. The van der Waals surface area contributed by atoms with E-state index in [-0.39, 0.29) is 23.8 Å². The van der Waals surface area contributed by atoms with Gasteiger partial charge in [-0.25, -0.2) is 4.79 Å². The van der Waals surface area contributed by atoms with Gasteiger partial charge in [-0.15, -0.1) is 0 Å². The van der Waals surface area contributed by atoms with E-state index in [0.717, 1.165) is 30.5 Å². The van der Waals surface area contributed by atoms with Crippen LogP contribution in [0.1, 0.15) is 46.8 Å². The van der Waals surface area contributed by atoms with Crippen LogP contribution < -0.4 is 5.76 Å². The Morgan fingerprint density at radius 3 is 2.83 bits per heavy atom. The fraction of sp³-hybridized carbons (Fsp3) is 0.348. The number of hydrogen-bond donors (Lipinski definition) is 1. The summed E-state index contributed by atoms with van der Waals surface area (Å²) in [7, 11) is 1.85. The van der Waals surface area contributed by atoms with E-state index in [0.29, 0.717) is 29.6 Å². The molecule has 2 amide bonds. The summed E-state index contributed by atoms with van der Waals surface area (Å²) in [5.74, 6) is -0.443. The van der Waals surface area contributed by atoms with Crippen LogP contribution in [0.25, 0.3) is 11.1 Å². The van der Waals surface area contributed by atoms with Crippen molar-refractivity contribution in [3.8, 4) is 0 Å². The van der Waals surface area contributed by atoms with Gasteiger partial charge < -0.3 is 14.2 Å². The van der Waals surface area contributed by atoms with Crippen molar-refractivity contribution in [3.63, 3.8) is 0 Å². The number of rotatable bonds is 4. The van der Waals surface area contributed by atoms with Crippen LogP contribution in [0.4, 0.5) is 0 Å². The molecule has 0 bridgehead atoms. The van der Waals surface area contributed by atoms with Crippen molar-refractivity contribution in [1.82, 2.24) is 14.8 Å². The number of nitrogens with zero attached hydrogens (tertiary/aromatic N) is 2. The molecule has 0 spiro atoms. The van der Waals surface area contributed by atoms with Gasteiger partial charge in [-0.05, 0) is 48.6 Å². The molecular formula is C23H23N3O4. The maximum Gasteiger partial charge on any atom is 0.417 e. The molecule has 2 aliphatic rings.